The lowest BCUT2D eigenvalue weighted by molar-refractivity contribution is 0.0124. The molecule has 1 saturated heterocycles. The van der Waals surface area contributed by atoms with Crippen molar-refractivity contribution in [3.63, 3.8) is 0 Å². The number of amides is 1. The Morgan fingerprint density at radius 3 is 2.45 bits per heavy atom. The van der Waals surface area contributed by atoms with Crippen molar-refractivity contribution >= 4 is 18.0 Å². The van der Waals surface area contributed by atoms with E-state index in [-0.39, 0.29) is 17.9 Å². The number of nitrogens with zero attached hydrogens (tertiary/aromatic N) is 2. The molecule has 1 unspecified atom stereocenters. The first-order chi connectivity index (χ1) is 15.4. The minimum atomic E-state index is -1.54. The van der Waals surface area contributed by atoms with Crippen molar-refractivity contribution in [1.82, 2.24) is 20.2 Å². The molecule has 0 radical (unpaired) electrons. The number of hydrogen-bond donors (Lipinski definition) is 3. The molecule has 1 aromatic heterocycles. The molecule has 11 heteroatoms. The summed E-state index contributed by atoms with van der Waals surface area (Å²) in [6, 6.07) is 7.84. The first-order valence-electron chi connectivity index (χ1n) is 10.3. The third-order valence-electron chi connectivity index (χ3n) is 4.86. The topological polar surface area (TPSA) is 151 Å². The third kappa shape index (κ3) is 5.55. The van der Waals surface area contributed by atoms with Crippen molar-refractivity contribution < 1.29 is 29.0 Å². The number of aromatic carboxylic acids is 1. The molecule has 1 aliphatic heterocycles. The monoisotopic (exact) mass is 458 g/mol. The molecule has 11 nitrogen and oxygen atoms in total. The zero-order valence-electron chi connectivity index (χ0n) is 18.8. The van der Waals surface area contributed by atoms with Gasteiger partial charge in [-0.05, 0) is 39.8 Å². The number of hydrogen-bond acceptors (Lipinski definition) is 8. The van der Waals surface area contributed by atoms with Crippen LogP contribution in [-0.4, -0.2) is 63.2 Å². The number of esters is 1. The quantitative estimate of drug-likeness (QED) is 0.582. The van der Waals surface area contributed by atoms with Gasteiger partial charge in [0.2, 0.25) is 5.75 Å². The van der Waals surface area contributed by atoms with Crippen molar-refractivity contribution in [2.75, 3.05) is 19.6 Å². The van der Waals surface area contributed by atoms with Crippen molar-refractivity contribution in [2.45, 2.75) is 38.8 Å². The summed E-state index contributed by atoms with van der Waals surface area (Å²) in [5, 5.41) is 12.8. The SMILES string of the molecule is CC(C)(C)OC(=O)N1CCNC(C)(c2nc(C(=O)O)c(OC(=O)c3ccccc3)c(=O)[nH]2)C1. The highest BCUT2D eigenvalue weighted by atomic mass is 16.6. The van der Waals surface area contributed by atoms with Crippen LogP contribution in [0, 0.1) is 0 Å². The molecule has 1 aromatic carbocycles. The van der Waals surface area contributed by atoms with E-state index in [1.165, 1.54) is 17.0 Å². The maximum absolute atomic E-state index is 12.8. The number of benzene rings is 1. The summed E-state index contributed by atoms with van der Waals surface area (Å²) >= 11 is 0. The van der Waals surface area contributed by atoms with E-state index in [1.807, 2.05) is 0 Å². The van der Waals surface area contributed by atoms with Crippen molar-refractivity contribution in [2.24, 2.45) is 0 Å². The van der Waals surface area contributed by atoms with Gasteiger partial charge in [-0.15, -0.1) is 0 Å². The normalized spacial score (nSPS) is 18.5. The van der Waals surface area contributed by atoms with Gasteiger partial charge in [0.25, 0.3) is 5.56 Å². The van der Waals surface area contributed by atoms with Crippen molar-refractivity contribution in [3.05, 3.63) is 57.8 Å². The second kappa shape index (κ2) is 9.02. The molecule has 0 saturated carbocycles. The predicted molar refractivity (Wildman–Crippen MR) is 116 cm³/mol. The molecule has 2 heterocycles. The fourth-order valence-electron chi connectivity index (χ4n) is 3.31. The summed E-state index contributed by atoms with van der Waals surface area (Å²) in [6.07, 6.45) is -0.538. The first-order valence-corrected chi connectivity index (χ1v) is 10.3. The van der Waals surface area contributed by atoms with Crippen LogP contribution < -0.4 is 15.6 Å². The number of aromatic nitrogens is 2. The number of carbonyl (C=O) groups excluding carboxylic acids is 2. The number of ether oxygens (including phenoxy) is 2. The molecule has 176 valence electrons. The lowest BCUT2D eigenvalue weighted by atomic mass is 9.98. The maximum atomic E-state index is 12.8. The van der Waals surface area contributed by atoms with Crippen LogP contribution in [0.3, 0.4) is 0 Å². The average molecular weight is 458 g/mol. The van der Waals surface area contributed by atoms with E-state index in [0.717, 1.165) is 0 Å². The van der Waals surface area contributed by atoms with Crippen molar-refractivity contribution in [3.8, 4) is 5.75 Å². The Morgan fingerprint density at radius 2 is 1.85 bits per heavy atom. The van der Waals surface area contributed by atoms with Gasteiger partial charge in [0.05, 0.1) is 11.1 Å². The molecule has 1 fully saturated rings. The molecular weight excluding hydrogens is 432 g/mol. The Morgan fingerprint density at radius 1 is 1.18 bits per heavy atom. The lowest BCUT2D eigenvalue weighted by Crippen LogP contribution is -2.59. The van der Waals surface area contributed by atoms with E-state index in [2.05, 4.69) is 15.3 Å². The number of carbonyl (C=O) groups is 3. The van der Waals surface area contributed by atoms with Crippen LogP contribution in [0.15, 0.2) is 35.1 Å². The Labute approximate surface area is 189 Å². The number of carboxylic acid groups (broad SMARTS) is 1. The van der Waals surface area contributed by atoms with E-state index in [9.17, 15) is 24.3 Å². The smallest absolute Gasteiger partial charge is 0.410 e. The Balaban J connectivity index is 1.92. The van der Waals surface area contributed by atoms with Gasteiger partial charge in [-0.3, -0.25) is 4.79 Å². The van der Waals surface area contributed by atoms with E-state index in [4.69, 9.17) is 9.47 Å². The Bertz CT molecular complexity index is 1120. The van der Waals surface area contributed by atoms with Crippen LogP contribution in [-0.2, 0) is 10.3 Å². The number of piperazine rings is 1. The van der Waals surface area contributed by atoms with Crippen molar-refractivity contribution in [1.29, 1.82) is 0 Å². The van der Waals surface area contributed by atoms with Crippen LogP contribution in [0.4, 0.5) is 4.79 Å². The molecule has 2 aromatic rings. The predicted octanol–water partition coefficient (Wildman–Crippen LogP) is 1.74. The number of carboxylic acids is 1. The number of aromatic amines is 1. The number of rotatable bonds is 4. The van der Waals surface area contributed by atoms with Gasteiger partial charge < -0.3 is 29.8 Å². The van der Waals surface area contributed by atoms with Gasteiger partial charge >= 0.3 is 18.0 Å². The third-order valence-corrected chi connectivity index (χ3v) is 4.86. The average Bonchev–Trinajstić information content (AvgIpc) is 2.74. The molecule has 1 atom stereocenters. The fraction of sp³-hybridized carbons (Fsp3) is 0.409. The lowest BCUT2D eigenvalue weighted by Gasteiger charge is -2.40. The van der Waals surface area contributed by atoms with Crippen LogP contribution in [0.1, 0.15) is 54.4 Å². The minimum absolute atomic E-state index is 0.0160. The first kappa shape index (κ1) is 23.9. The summed E-state index contributed by atoms with van der Waals surface area (Å²) in [5.41, 5.74) is -3.27. The summed E-state index contributed by atoms with van der Waals surface area (Å²) < 4.78 is 10.5. The molecule has 3 N–H and O–H groups in total. The van der Waals surface area contributed by atoms with Crippen LogP contribution >= 0.6 is 0 Å². The molecule has 0 aliphatic carbocycles. The molecule has 1 aliphatic rings. The Kier molecular flexibility index (Phi) is 6.54. The van der Waals surface area contributed by atoms with Gasteiger partial charge in [-0.25, -0.2) is 19.4 Å². The minimum Gasteiger partial charge on any atom is -0.476 e. The van der Waals surface area contributed by atoms with Gasteiger partial charge in [0, 0.05) is 19.6 Å². The van der Waals surface area contributed by atoms with Gasteiger partial charge in [-0.1, -0.05) is 18.2 Å². The van der Waals surface area contributed by atoms with Gasteiger partial charge in [0.1, 0.15) is 11.4 Å². The molecule has 0 spiro atoms. The molecule has 3 rings (SSSR count). The second-order valence-electron chi connectivity index (χ2n) is 8.81. The van der Waals surface area contributed by atoms with Crippen LogP contribution in [0.2, 0.25) is 0 Å². The highest BCUT2D eigenvalue weighted by Gasteiger charge is 2.39. The van der Waals surface area contributed by atoms with E-state index in [0.29, 0.717) is 13.1 Å². The van der Waals surface area contributed by atoms with Gasteiger partial charge in [-0.2, -0.15) is 0 Å². The molecule has 33 heavy (non-hydrogen) atoms. The summed E-state index contributed by atoms with van der Waals surface area (Å²) in [6.45, 7) is 7.69. The Hall–Kier alpha value is -3.73. The summed E-state index contributed by atoms with van der Waals surface area (Å²) in [5.74, 6) is -3.17. The van der Waals surface area contributed by atoms with E-state index < -0.39 is 46.2 Å². The van der Waals surface area contributed by atoms with E-state index in [1.54, 1.807) is 45.9 Å². The fourth-order valence-corrected chi connectivity index (χ4v) is 3.31. The molecule has 1 amide bonds. The largest absolute Gasteiger partial charge is 0.476 e. The summed E-state index contributed by atoms with van der Waals surface area (Å²) in [4.78, 5) is 57.5. The second-order valence-corrected chi connectivity index (χ2v) is 8.81. The molecule has 0 bridgehead atoms. The van der Waals surface area contributed by atoms with Crippen LogP contribution in [0.5, 0.6) is 5.75 Å². The summed E-state index contributed by atoms with van der Waals surface area (Å²) in [7, 11) is 0. The van der Waals surface area contributed by atoms with E-state index >= 15 is 0 Å². The highest BCUT2D eigenvalue weighted by Crippen LogP contribution is 2.24. The maximum Gasteiger partial charge on any atom is 0.410 e. The molecular formula is C22H26N4O7. The van der Waals surface area contributed by atoms with Gasteiger partial charge in [0.15, 0.2) is 5.69 Å². The number of H-pyrrole nitrogens is 1. The zero-order valence-corrected chi connectivity index (χ0v) is 18.8. The standard InChI is InChI=1S/C22H26N4O7/c1-21(2,3)33-20(31)26-11-10-23-22(4,12-26)19-24-14(17(28)29)15(16(27)25-19)32-18(30)13-8-6-5-7-9-13/h5-9,23H,10-12H2,1-4H3,(H,28,29)(H,24,25,27). The number of nitrogens with one attached hydrogen (secondary N) is 2. The highest BCUT2D eigenvalue weighted by molar-refractivity contribution is 5.94. The van der Waals surface area contributed by atoms with Crippen LogP contribution in [0.25, 0.3) is 0 Å². The zero-order chi connectivity index (χ0) is 24.4.